The molecule has 0 radical (unpaired) electrons. The van der Waals surface area contributed by atoms with Crippen molar-refractivity contribution in [2.75, 3.05) is 33.0 Å². The van der Waals surface area contributed by atoms with Crippen LogP contribution in [0.15, 0.2) is 16.6 Å². The molecule has 0 aliphatic carbocycles. The minimum Gasteiger partial charge on any atom is -0.454 e. The summed E-state index contributed by atoms with van der Waals surface area (Å²) in [5.41, 5.74) is 1.21. The van der Waals surface area contributed by atoms with Crippen molar-refractivity contribution >= 4 is 15.9 Å². The summed E-state index contributed by atoms with van der Waals surface area (Å²) in [4.78, 5) is 2.44. The number of fused-ring (bicyclic) bond motifs is 1. The van der Waals surface area contributed by atoms with Gasteiger partial charge in [-0.05, 0) is 66.2 Å². The number of nitrogens with zero attached hydrogens (tertiary/aromatic N) is 1. The molecule has 1 aromatic rings. The molecule has 5 heteroatoms. The van der Waals surface area contributed by atoms with Crippen molar-refractivity contribution in [3.63, 3.8) is 0 Å². The Labute approximate surface area is 129 Å². The first-order chi connectivity index (χ1) is 9.74. The molecule has 20 heavy (non-hydrogen) atoms. The number of hydrogen-bond acceptors (Lipinski definition) is 4. The molecule has 0 fully saturated rings. The van der Waals surface area contributed by atoms with Crippen LogP contribution in [0.5, 0.6) is 11.5 Å². The summed E-state index contributed by atoms with van der Waals surface area (Å²) in [6.45, 7) is 10.0. The zero-order valence-corrected chi connectivity index (χ0v) is 13.8. The lowest BCUT2D eigenvalue weighted by atomic mass is 10.2. The average molecular weight is 343 g/mol. The highest BCUT2D eigenvalue weighted by atomic mass is 79.9. The van der Waals surface area contributed by atoms with E-state index in [0.717, 1.165) is 48.7 Å². The predicted octanol–water partition coefficient (Wildman–Crippen LogP) is 3.00. The van der Waals surface area contributed by atoms with Crippen LogP contribution in [-0.2, 0) is 6.54 Å². The van der Waals surface area contributed by atoms with Gasteiger partial charge >= 0.3 is 0 Å². The number of halogens is 1. The zero-order valence-electron chi connectivity index (χ0n) is 12.2. The Morgan fingerprint density at radius 1 is 1.25 bits per heavy atom. The molecular formula is C15H23BrN2O2. The molecule has 112 valence electrons. The van der Waals surface area contributed by atoms with Gasteiger partial charge in [0, 0.05) is 6.54 Å². The standard InChI is InChI=1S/C15H23BrN2O2/c1-3-18(4-2)7-5-6-17-10-12-8-13(16)15-14(9-12)19-11-20-15/h8-9,17H,3-7,10-11H2,1-2H3. The van der Waals surface area contributed by atoms with E-state index in [-0.39, 0.29) is 0 Å². The second-order valence-electron chi connectivity index (χ2n) is 4.87. The average Bonchev–Trinajstić information content (AvgIpc) is 2.92. The molecule has 0 atom stereocenters. The fraction of sp³-hybridized carbons (Fsp3) is 0.600. The number of benzene rings is 1. The molecule has 1 heterocycles. The smallest absolute Gasteiger partial charge is 0.231 e. The van der Waals surface area contributed by atoms with Gasteiger partial charge in [-0.15, -0.1) is 0 Å². The van der Waals surface area contributed by atoms with Crippen LogP contribution in [0.2, 0.25) is 0 Å². The summed E-state index contributed by atoms with van der Waals surface area (Å²) >= 11 is 3.52. The first-order valence-corrected chi connectivity index (χ1v) is 8.05. The molecular weight excluding hydrogens is 320 g/mol. The molecule has 1 aliphatic heterocycles. The molecule has 1 N–H and O–H groups in total. The SMILES string of the molecule is CCN(CC)CCCNCc1cc(Br)c2c(c1)OCO2. The predicted molar refractivity (Wildman–Crippen MR) is 84.4 cm³/mol. The van der Waals surface area contributed by atoms with Crippen molar-refractivity contribution in [1.82, 2.24) is 10.2 Å². The Morgan fingerprint density at radius 3 is 2.80 bits per heavy atom. The molecule has 0 amide bonds. The Morgan fingerprint density at radius 2 is 2.05 bits per heavy atom. The lowest BCUT2D eigenvalue weighted by Gasteiger charge is -2.17. The summed E-state index contributed by atoms with van der Waals surface area (Å²) in [5.74, 6) is 1.65. The highest BCUT2D eigenvalue weighted by Gasteiger charge is 2.17. The molecule has 0 spiro atoms. The Hall–Kier alpha value is -0.780. The molecule has 0 unspecified atom stereocenters. The third-order valence-corrected chi connectivity index (χ3v) is 4.13. The van der Waals surface area contributed by atoms with E-state index in [9.17, 15) is 0 Å². The Kier molecular flexibility index (Phi) is 6.13. The van der Waals surface area contributed by atoms with Gasteiger partial charge in [0.15, 0.2) is 11.5 Å². The number of rotatable bonds is 8. The summed E-state index contributed by atoms with van der Waals surface area (Å²) < 4.78 is 11.8. The molecule has 0 aromatic heterocycles. The first-order valence-electron chi connectivity index (χ1n) is 7.25. The topological polar surface area (TPSA) is 33.7 Å². The van der Waals surface area contributed by atoms with Gasteiger partial charge in [-0.25, -0.2) is 0 Å². The third kappa shape index (κ3) is 4.11. The normalized spacial score (nSPS) is 13.2. The van der Waals surface area contributed by atoms with Crippen LogP contribution in [0.25, 0.3) is 0 Å². The molecule has 0 saturated carbocycles. The van der Waals surface area contributed by atoms with Crippen LogP contribution in [0.4, 0.5) is 0 Å². The van der Waals surface area contributed by atoms with Crippen LogP contribution < -0.4 is 14.8 Å². The van der Waals surface area contributed by atoms with Gasteiger partial charge in [0.1, 0.15) is 0 Å². The summed E-state index contributed by atoms with van der Waals surface area (Å²) in [6, 6.07) is 4.13. The van der Waals surface area contributed by atoms with Gasteiger partial charge in [-0.1, -0.05) is 13.8 Å². The quantitative estimate of drug-likeness (QED) is 0.736. The van der Waals surface area contributed by atoms with Crippen LogP contribution in [0.3, 0.4) is 0 Å². The number of hydrogen-bond donors (Lipinski definition) is 1. The maximum Gasteiger partial charge on any atom is 0.231 e. The van der Waals surface area contributed by atoms with Crippen LogP contribution >= 0.6 is 15.9 Å². The van der Waals surface area contributed by atoms with E-state index in [1.165, 1.54) is 12.0 Å². The molecule has 1 aliphatic rings. The molecule has 1 aromatic carbocycles. The summed E-state index contributed by atoms with van der Waals surface area (Å²) in [7, 11) is 0. The van der Waals surface area contributed by atoms with E-state index in [0.29, 0.717) is 6.79 Å². The summed E-state index contributed by atoms with van der Waals surface area (Å²) in [6.07, 6.45) is 1.17. The van der Waals surface area contributed by atoms with Gasteiger partial charge in [0.25, 0.3) is 0 Å². The van der Waals surface area contributed by atoms with Crippen LogP contribution in [-0.4, -0.2) is 37.9 Å². The monoisotopic (exact) mass is 342 g/mol. The Balaban J connectivity index is 1.73. The maximum absolute atomic E-state index is 5.42. The van der Waals surface area contributed by atoms with Crippen molar-refractivity contribution in [3.05, 3.63) is 22.2 Å². The van der Waals surface area contributed by atoms with E-state index in [1.54, 1.807) is 0 Å². The van der Waals surface area contributed by atoms with Gasteiger partial charge in [0.2, 0.25) is 6.79 Å². The largest absolute Gasteiger partial charge is 0.454 e. The van der Waals surface area contributed by atoms with Crippen molar-refractivity contribution < 1.29 is 9.47 Å². The molecule has 2 rings (SSSR count). The van der Waals surface area contributed by atoms with E-state index < -0.39 is 0 Å². The Bertz CT molecular complexity index is 436. The van der Waals surface area contributed by atoms with Crippen molar-refractivity contribution in [3.8, 4) is 11.5 Å². The summed E-state index contributed by atoms with van der Waals surface area (Å²) in [5, 5.41) is 3.48. The first kappa shape index (κ1) is 15.6. The van der Waals surface area contributed by atoms with Crippen molar-refractivity contribution in [1.29, 1.82) is 0 Å². The van der Waals surface area contributed by atoms with E-state index in [1.807, 2.05) is 6.07 Å². The highest BCUT2D eigenvalue weighted by molar-refractivity contribution is 9.10. The lowest BCUT2D eigenvalue weighted by molar-refractivity contribution is 0.173. The minimum absolute atomic E-state index is 0.314. The molecule has 0 saturated heterocycles. The highest BCUT2D eigenvalue weighted by Crippen LogP contribution is 2.39. The van der Waals surface area contributed by atoms with Gasteiger partial charge < -0.3 is 19.7 Å². The van der Waals surface area contributed by atoms with Gasteiger partial charge in [0.05, 0.1) is 4.47 Å². The molecule has 4 nitrogen and oxygen atoms in total. The second kappa shape index (κ2) is 7.86. The number of ether oxygens (including phenoxy) is 2. The van der Waals surface area contributed by atoms with Crippen molar-refractivity contribution in [2.45, 2.75) is 26.8 Å². The maximum atomic E-state index is 5.42. The zero-order chi connectivity index (χ0) is 14.4. The minimum atomic E-state index is 0.314. The second-order valence-corrected chi connectivity index (χ2v) is 5.72. The number of nitrogens with one attached hydrogen (secondary N) is 1. The van der Waals surface area contributed by atoms with E-state index >= 15 is 0 Å². The van der Waals surface area contributed by atoms with E-state index in [2.05, 4.69) is 46.1 Å². The van der Waals surface area contributed by atoms with Crippen LogP contribution in [0.1, 0.15) is 25.8 Å². The fourth-order valence-electron chi connectivity index (χ4n) is 2.32. The molecule has 0 bridgehead atoms. The van der Waals surface area contributed by atoms with Gasteiger partial charge in [-0.2, -0.15) is 0 Å². The van der Waals surface area contributed by atoms with E-state index in [4.69, 9.17) is 9.47 Å². The van der Waals surface area contributed by atoms with Gasteiger partial charge in [-0.3, -0.25) is 0 Å². The van der Waals surface area contributed by atoms with Crippen molar-refractivity contribution in [2.24, 2.45) is 0 Å². The fourth-order valence-corrected chi connectivity index (χ4v) is 2.93. The lowest BCUT2D eigenvalue weighted by Crippen LogP contribution is -2.27. The third-order valence-electron chi connectivity index (χ3n) is 3.54. The van der Waals surface area contributed by atoms with Crippen LogP contribution in [0, 0.1) is 0 Å².